The second-order valence-electron chi connectivity index (χ2n) is 5.97. The highest BCUT2D eigenvalue weighted by molar-refractivity contribution is 5.86. The number of rotatable bonds is 1. The molecule has 0 N–H and O–H groups in total. The molecule has 2 aromatic rings. The molecule has 0 amide bonds. The van der Waals surface area contributed by atoms with Crippen LogP contribution in [0.4, 0.5) is 0 Å². The monoisotopic (exact) mass is 239 g/mol. The van der Waals surface area contributed by atoms with Gasteiger partial charge in [-0.2, -0.15) is 0 Å². The third kappa shape index (κ3) is 1.46. The fourth-order valence-corrected chi connectivity index (χ4v) is 4.16. The van der Waals surface area contributed by atoms with E-state index in [1.165, 1.54) is 57.0 Å². The first-order valence-electron chi connectivity index (χ1n) is 7.55. The zero-order chi connectivity index (χ0) is 11.9. The smallest absolute Gasteiger partial charge is 0.0485 e. The van der Waals surface area contributed by atoms with Crippen molar-refractivity contribution in [3.05, 3.63) is 35.5 Å². The topological polar surface area (TPSA) is 4.93 Å². The summed E-state index contributed by atoms with van der Waals surface area (Å²) in [6.07, 6.45) is 9.81. The molecule has 0 saturated heterocycles. The lowest BCUT2D eigenvalue weighted by atomic mass is 9.82. The zero-order valence-corrected chi connectivity index (χ0v) is 11.0. The van der Waals surface area contributed by atoms with E-state index >= 15 is 0 Å². The molecule has 0 spiro atoms. The fourth-order valence-electron chi connectivity index (χ4n) is 4.16. The summed E-state index contributed by atoms with van der Waals surface area (Å²) in [4.78, 5) is 0. The number of aromatic nitrogens is 1. The number of nitrogens with zero attached hydrogens (tertiary/aromatic N) is 1. The van der Waals surface area contributed by atoms with Crippen LogP contribution in [0.15, 0.2) is 24.3 Å². The molecule has 1 aromatic heterocycles. The summed E-state index contributed by atoms with van der Waals surface area (Å²) in [7, 11) is 0. The van der Waals surface area contributed by atoms with E-state index < -0.39 is 0 Å². The highest BCUT2D eigenvalue weighted by atomic mass is 15.0. The Morgan fingerprint density at radius 2 is 1.78 bits per heavy atom. The summed E-state index contributed by atoms with van der Waals surface area (Å²) in [5.74, 6) is 0.845. The Balaban J connectivity index is 1.92. The van der Waals surface area contributed by atoms with E-state index in [2.05, 4.69) is 28.8 Å². The summed E-state index contributed by atoms with van der Waals surface area (Å²) in [5.41, 5.74) is 4.89. The van der Waals surface area contributed by atoms with E-state index in [9.17, 15) is 0 Å². The average molecular weight is 239 g/mol. The number of hydrogen-bond acceptors (Lipinski definition) is 0. The Kier molecular flexibility index (Phi) is 2.46. The Hall–Kier alpha value is -1.24. The van der Waals surface area contributed by atoms with Gasteiger partial charge in [0.15, 0.2) is 0 Å². The Labute approximate surface area is 109 Å². The van der Waals surface area contributed by atoms with Crippen LogP contribution in [0.1, 0.15) is 55.7 Å². The molecule has 2 aliphatic rings. The lowest BCUT2D eigenvalue weighted by Gasteiger charge is -2.22. The van der Waals surface area contributed by atoms with Crippen molar-refractivity contribution in [3.8, 4) is 0 Å². The van der Waals surface area contributed by atoms with E-state index in [0.29, 0.717) is 0 Å². The van der Waals surface area contributed by atoms with Gasteiger partial charge in [0.05, 0.1) is 0 Å². The van der Waals surface area contributed by atoms with E-state index in [1.807, 2.05) is 0 Å². The maximum Gasteiger partial charge on any atom is 0.0485 e. The molecule has 4 rings (SSSR count). The molecule has 0 radical (unpaired) electrons. The first-order valence-corrected chi connectivity index (χ1v) is 7.55. The normalized spacial score (nSPS) is 20.4. The molecule has 18 heavy (non-hydrogen) atoms. The summed E-state index contributed by atoms with van der Waals surface area (Å²) in [5, 5.41) is 1.55. The van der Waals surface area contributed by atoms with Crippen LogP contribution >= 0.6 is 0 Å². The number of benzene rings is 1. The highest BCUT2D eigenvalue weighted by Crippen LogP contribution is 2.41. The predicted octanol–water partition coefficient (Wildman–Crippen LogP) is 4.64. The minimum absolute atomic E-state index is 0.845. The molecule has 0 atom stereocenters. The number of para-hydroxylation sites is 1. The molecule has 1 aliphatic heterocycles. The van der Waals surface area contributed by atoms with Crippen molar-refractivity contribution >= 4 is 10.9 Å². The van der Waals surface area contributed by atoms with Crippen LogP contribution < -0.4 is 0 Å². The minimum atomic E-state index is 0.845. The maximum absolute atomic E-state index is 2.60. The quantitative estimate of drug-likeness (QED) is 0.683. The van der Waals surface area contributed by atoms with Crippen LogP contribution in [0.2, 0.25) is 0 Å². The molecule has 1 aromatic carbocycles. The average Bonchev–Trinajstić information content (AvgIpc) is 2.99. The van der Waals surface area contributed by atoms with Crippen molar-refractivity contribution in [3.63, 3.8) is 0 Å². The van der Waals surface area contributed by atoms with Crippen molar-refractivity contribution < 1.29 is 0 Å². The van der Waals surface area contributed by atoms with Crippen molar-refractivity contribution in [1.82, 2.24) is 4.57 Å². The molecule has 1 fully saturated rings. The van der Waals surface area contributed by atoms with E-state index in [-0.39, 0.29) is 0 Å². The van der Waals surface area contributed by atoms with Gasteiger partial charge in [0.1, 0.15) is 0 Å². The van der Waals surface area contributed by atoms with Gasteiger partial charge in [-0.25, -0.2) is 0 Å². The Morgan fingerprint density at radius 3 is 2.67 bits per heavy atom. The first-order chi connectivity index (χ1) is 8.95. The molecule has 0 unspecified atom stereocenters. The van der Waals surface area contributed by atoms with E-state index in [4.69, 9.17) is 0 Å². The van der Waals surface area contributed by atoms with Gasteiger partial charge in [-0.05, 0) is 43.2 Å². The molecular formula is C17H21N. The minimum Gasteiger partial charge on any atom is -0.344 e. The fraction of sp³-hybridized carbons (Fsp3) is 0.529. The van der Waals surface area contributed by atoms with Gasteiger partial charge < -0.3 is 4.57 Å². The molecule has 2 heterocycles. The van der Waals surface area contributed by atoms with Gasteiger partial charge in [-0.15, -0.1) is 0 Å². The predicted molar refractivity (Wildman–Crippen MR) is 76.1 cm³/mol. The summed E-state index contributed by atoms with van der Waals surface area (Å²) >= 11 is 0. The third-order valence-corrected chi connectivity index (χ3v) is 4.93. The number of hydrogen-bond donors (Lipinski definition) is 0. The van der Waals surface area contributed by atoms with E-state index in [0.717, 1.165) is 5.92 Å². The summed E-state index contributed by atoms with van der Waals surface area (Å²) in [6, 6.07) is 9.07. The van der Waals surface area contributed by atoms with Crippen molar-refractivity contribution in [2.24, 2.45) is 0 Å². The Morgan fingerprint density at radius 1 is 0.944 bits per heavy atom. The van der Waals surface area contributed by atoms with Gasteiger partial charge in [0.25, 0.3) is 0 Å². The summed E-state index contributed by atoms with van der Waals surface area (Å²) < 4.78 is 2.60. The summed E-state index contributed by atoms with van der Waals surface area (Å²) in [6.45, 7) is 1.24. The van der Waals surface area contributed by atoms with E-state index in [1.54, 1.807) is 16.6 Å². The zero-order valence-electron chi connectivity index (χ0n) is 11.0. The van der Waals surface area contributed by atoms with Crippen molar-refractivity contribution in [2.45, 2.75) is 57.4 Å². The lowest BCUT2D eigenvalue weighted by molar-refractivity contribution is 0.443. The van der Waals surface area contributed by atoms with Gasteiger partial charge in [0, 0.05) is 23.1 Å². The van der Waals surface area contributed by atoms with Crippen molar-refractivity contribution in [1.29, 1.82) is 0 Å². The SMILES string of the molecule is c1ccc2c(c1)c(C1CCCCC1)c1n2CCC1. The second-order valence-corrected chi connectivity index (χ2v) is 5.97. The standard InChI is InChI=1S/C17H21N/c1-2-7-13(8-3-1)17-14-9-4-5-10-15(14)18-12-6-11-16(17)18/h4-5,9-10,13H,1-3,6-8,11-12H2. The molecule has 1 heteroatoms. The largest absolute Gasteiger partial charge is 0.344 e. The second kappa shape index (κ2) is 4.15. The van der Waals surface area contributed by atoms with Crippen LogP contribution in [0, 0.1) is 0 Å². The highest BCUT2D eigenvalue weighted by Gasteiger charge is 2.26. The first kappa shape index (κ1) is 10.7. The van der Waals surface area contributed by atoms with Crippen LogP contribution in [-0.2, 0) is 13.0 Å². The maximum atomic E-state index is 2.60. The van der Waals surface area contributed by atoms with Crippen LogP contribution in [0.3, 0.4) is 0 Å². The lowest BCUT2D eigenvalue weighted by Crippen LogP contribution is -2.06. The molecular weight excluding hydrogens is 218 g/mol. The number of fused-ring (bicyclic) bond motifs is 3. The molecule has 1 aliphatic carbocycles. The van der Waals surface area contributed by atoms with Gasteiger partial charge in [-0.1, -0.05) is 37.5 Å². The van der Waals surface area contributed by atoms with Crippen LogP contribution in [-0.4, -0.2) is 4.57 Å². The molecule has 0 bridgehead atoms. The third-order valence-electron chi connectivity index (χ3n) is 4.93. The van der Waals surface area contributed by atoms with Crippen molar-refractivity contribution in [2.75, 3.05) is 0 Å². The van der Waals surface area contributed by atoms with Crippen LogP contribution in [0.5, 0.6) is 0 Å². The van der Waals surface area contributed by atoms with Crippen LogP contribution in [0.25, 0.3) is 10.9 Å². The Bertz CT molecular complexity index is 573. The molecule has 1 nitrogen and oxygen atoms in total. The number of aryl methyl sites for hydroxylation is 1. The molecule has 1 saturated carbocycles. The van der Waals surface area contributed by atoms with Gasteiger partial charge in [0.2, 0.25) is 0 Å². The van der Waals surface area contributed by atoms with Gasteiger partial charge in [-0.3, -0.25) is 0 Å². The van der Waals surface area contributed by atoms with Gasteiger partial charge >= 0.3 is 0 Å². The molecule has 94 valence electrons.